The van der Waals surface area contributed by atoms with E-state index in [2.05, 4.69) is 9.97 Å². The summed E-state index contributed by atoms with van der Waals surface area (Å²) in [5.74, 6) is -0.891. The molecule has 1 aromatic carbocycles. The Morgan fingerprint density at radius 2 is 2.05 bits per heavy atom. The molecule has 0 atom stereocenters. The van der Waals surface area contributed by atoms with Crippen molar-refractivity contribution >= 4 is 11.6 Å². The average Bonchev–Trinajstić information content (AvgIpc) is 2.80. The Labute approximate surface area is 115 Å². The molecule has 0 aliphatic carbocycles. The Balaban J connectivity index is 2.13. The highest BCUT2D eigenvalue weighted by molar-refractivity contribution is 5.77. The fourth-order valence-electron chi connectivity index (χ4n) is 2.15. The second-order valence-corrected chi connectivity index (χ2v) is 4.71. The highest BCUT2D eigenvalue weighted by Gasteiger charge is 2.10. The van der Waals surface area contributed by atoms with Crippen molar-refractivity contribution in [2.75, 3.05) is 0 Å². The van der Waals surface area contributed by atoms with Crippen molar-refractivity contribution in [3.05, 3.63) is 54.2 Å². The molecular weight excluding hydrogens is 254 g/mol. The number of hydrogen-bond donors (Lipinski definition) is 1. The number of carboxylic acid groups (broad SMARTS) is 1. The number of imidazole rings is 1. The molecule has 0 spiro atoms. The fraction of sp³-hybridized carbons (Fsp3) is 0.133. The lowest BCUT2D eigenvalue weighted by atomic mass is 10.1. The summed E-state index contributed by atoms with van der Waals surface area (Å²) in [6.07, 6.45) is 4.99. The van der Waals surface area contributed by atoms with Crippen molar-refractivity contribution in [1.82, 2.24) is 14.4 Å². The smallest absolute Gasteiger partial charge is 0.309 e. The molecule has 3 rings (SSSR count). The highest BCUT2D eigenvalue weighted by Crippen LogP contribution is 2.23. The average molecular weight is 267 g/mol. The monoisotopic (exact) mass is 267 g/mol. The van der Waals surface area contributed by atoms with Gasteiger partial charge in [-0.2, -0.15) is 0 Å². The molecule has 2 heterocycles. The standard InChI is InChI=1S/C15H13N3O2/c1-10-2-4-11(5-3-10)13-7-16-9-18-8-12(6-14(19)20)17-15(13)18/h2-5,7-9H,6H2,1H3,(H,19,20). The van der Waals surface area contributed by atoms with E-state index >= 15 is 0 Å². The maximum Gasteiger partial charge on any atom is 0.309 e. The molecule has 3 aromatic rings. The molecule has 0 aliphatic rings. The SMILES string of the molecule is Cc1ccc(-c2cncn3cc(CC(=O)O)nc23)cc1. The number of aromatic nitrogens is 3. The molecule has 20 heavy (non-hydrogen) atoms. The van der Waals surface area contributed by atoms with Crippen LogP contribution in [0.25, 0.3) is 16.8 Å². The molecule has 0 saturated heterocycles. The van der Waals surface area contributed by atoms with E-state index < -0.39 is 5.97 Å². The van der Waals surface area contributed by atoms with Crippen LogP contribution in [0.2, 0.25) is 0 Å². The van der Waals surface area contributed by atoms with E-state index in [1.165, 1.54) is 5.56 Å². The first kappa shape index (κ1) is 12.3. The van der Waals surface area contributed by atoms with Gasteiger partial charge in [0.05, 0.1) is 12.1 Å². The zero-order chi connectivity index (χ0) is 14.1. The van der Waals surface area contributed by atoms with Crippen LogP contribution in [0.5, 0.6) is 0 Å². The second kappa shape index (κ2) is 4.77. The van der Waals surface area contributed by atoms with E-state index in [1.807, 2.05) is 31.2 Å². The molecule has 0 unspecified atom stereocenters. The zero-order valence-electron chi connectivity index (χ0n) is 10.9. The van der Waals surface area contributed by atoms with Gasteiger partial charge in [0.1, 0.15) is 12.0 Å². The Kier molecular flexibility index (Phi) is 2.95. The van der Waals surface area contributed by atoms with Crippen LogP contribution in [0.1, 0.15) is 11.3 Å². The van der Waals surface area contributed by atoms with Gasteiger partial charge >= 0.3 is 5.97 Å². The van der Waals surface area contributed by atoms with Crippen molar-refractivity contribution in [3.63, 3.8) is 0 Å². The predicted molar refractivity (Wildman–Crippen MR) is 74.5 cm³/mol. The minimum atomic E-state index is -0.891. The summed E-state index contributed by atoms with van der Waals surface area (Å²) < 4.78 is 1.76. The third-order valence-electron chi connectivity index (χ3n) is 3.11. The Morgan fingerprint density at radius 1 is 1.30 bits per heavy atom. The van der Waals surface area contributed by atoms with Crippen LogP contribution in [0, 0.1) is 6.92 Å². The molecule has 0 fully saturated rings. The van der Waals surface area contributed by atoms with Crippen molar-refractivity contribution in [1.29, 1.82) is 0 Å². The van der Waals surface area contributed by atoms with E-state index in [-0.39, 0.29) is 6.42 Å². The quantitative estimate of drug-likeness (QED) is 0.790. The third kappa shape index (κ3) is 2.25. The number of fused-ring (bicyclic) bond motifs is 1. The van der Waals surface area contributed by atoms with Gasteiger partial charge in [-0.1, -0.05) is 29.8 Å². The van der Waals surface area contributed by atoms with Gasteiger partial charge in [-0.3, -0.25) is 9.20 Å². The van der Waals surface area contributed by atoms with Gasteiger partial charge < -0.3 is 5.11 Å². The van der Waals surface area contributed by atoms with Crippen molar-refractivity contribution < 1.29 is 9.90 Å². The first-order chi connectivity index (χ1) is 9.63. The number of rotatable bonds is 3. The van der Waals surface area contributed by atoms with Gasteiger partial charge in [-0.15, -0.1) is 0 Å². The van der Waals surface area contributed by atoms with E-state index in [9.17, 15) is 4.79 Å². The highest BCUT2D eigenvalue weighted by atomic mass is 16.4. The first-order valence-electron chi connectivity index (χ1n) is 6.24. The third-order valence-corrected chi connectivity index (χ3v) is 3.11. The van der Waals surface area contributed by atoms with E-state index in [0.29, 0.717) is 5.69 Å². The molecule has 0 amide bonds. The van der Waals surface area contributed by atoms with Gasteiger partial charge in [0.2, 0.25) is 0 Å². The number of hydrogen-bond acceptors (Lipinski definition) is 3. The Morgan fingerprint density at radius 3 is 2.75 bits per heavy atom. The Hall–Kier alpha value is -2.69. The molecule has 2 aromatic heterocycles. The van der Waals surface area contributed by atoms with Crippen LogP contribution in [0.3, 0.4) is 0 Å². The Bertz CT molecular complexity index is 775. The van der Waals surface area contributed by atoms with Gasteiger partial charge in [0.25, 0.3) is 0 Å². The second-order valence-electron chi connectivity index (χ2n) is 4.71. The van der Waals surface area contributed by atoms with Gasteiger partial charge in [-0.25, -0.2) is 9.97 Å². The largest absolute Gasteiger partial charge is 0.481 e. The molecule has 5 nitrogen and oxygen atoms in total. The lowest BCUT2D eigenvalue weighted by molar-refractivity contribution is -0.136. The van der Waals surface area contributed by atoms with Crippen LogP contribution in [-0.4, -0.2) is 25.4 Å². The van der Waals surface area contributed by atoms with Gasteiger partial charge in [0, 0.05) is 18.0 Å². The summed E-state index contributed by atoms with van der Waals surface area (Å²) in [5, 5.41) is 8.84. The summed E-state index contributed by atoms with van der Waals surface area (Å²) in [4.78, 5) is 19.3. The van der Waals surface area contributed by atoms with Crippen LogP contribution in [-0.2, 0) is 11.2 Å². The number of nitrogens with zero attached hydrogens (tertiary/aromatic N) is 3. The molecule has 5 heteroatoms. The van der Waals surface area contributed by atoms with Crippen LogP contribution >= 0.6 is 0 Å². The number of aliphatic carboxylic acids is 1. The number of aryl methyl sites for hydroxylation is 1. The van der Waals surface area contributed by atoms with Crippen LogP contribution in [0.4, 0.5) is 0 Å². The minimum absolute atomic E-state index is 0.0883. The fourth-order valence-corrected chi connectivity index (χ4v) is 2.15. The van der Waals surface area contributed by atoms with Crippen LogP contribution in [0.15, 0.2) is 43.0 Å². The predicted octanol–water partition coefficient (Wildman–Crippen LogP) is 2.33. The summed E-state index contributed by atoms with van der Waals surface area (Å²) >= 11 is 0. The maximum absolute atomic E-state index is 10.8. The summed E-state index contributed by atoms with van der Waals surface area (Å²) in [6, 6.07) is 8.08. The molecule has 0 aliphatic heterocycles. The van der Waals surface area contributed by atoms with E-state index in [1.54, 1.807) is 23.1 Å². The number of benzene rings is 1. The summed E-state index contributed by atoms with van der Waals surface area (Å²) in [5.41, 5.74) is 4.34. The van der Waals surface area contributed by atoms with E-state index in [0.717, 1.165) is 16.8 Å². The van der Waals surface area contributed by atoms with Crippen LogP contribution < -0.4 is 0 Å². The molecule has 0 bridgehead atoms. The first-order valence-corrected chi connectivity index (χ1v) is 6.24. The number of carboxylic acids is 1. The van der Waals surface area contributed by atoms with Crippen molar-refractivity contribution in [2.24, 2.45) is 0 Å². The topological polar surface area (TPSA) is 67.5 Å². The molecule has 100 valence electrons. The lowest BCUT2D eigenvalue weighted by Crippen LogP contribution is -1.99. The minimum Gasteiger partial charge on any atom is -0.481 e. The molecular formula is C15H13N3O2. The van der Waals surface area contributed by atoms with Gasteiger partial charge in [-0.05, 0) is 12.5 Å². The molecule has 0 saturated carbocycles. The van der Waals surface area contributed by atoms with Gasteiger partial charge in [0.15, 0.2) is 0 Å². The summed E-state index contributed by atoms with van der Waals surface area (Å²) in [6.45, 7) is 2.03. The zero-order valence-corrected chi connectivity index (χ0v) is 10.9. The maximum atomic E-state index is 10.8. The van der Waals surface area contributed by atoms with E-state index in [4.69, 9.17) is 5.11 Å². The lowest BCUT2D eigenvalue weighted by Gasteiger charge is -2.03. The number of carbonyl (C=O) groups is 1. The van der Waals surface area contributed by atoms with Crippen molar-refractivity contribution in [3.8, 4) is 11.1 Å². The van der Waals surface area contributed by atoms with Crippen molar-refractivity contribution in [2.45, 2.75) is 13.3 Å². The summed E-state index contributed by atoms with van der Waals surface area (Å²) in [7, 11) is 0. The molecule has 0 radical (unpaired) electrons. The normalized spacial score (nSPS) is 10.8. The molecule has 1 N–H and O–H groups in total.